The molecule has 92 valence electrons. The first-order chi connectivity index (χ1) is 7.99. The van der Waals surface area contributed by atoms with Crippen LogP contribution in [0.25, 0.3) is 0 Å². The third-order valence-corrected chi connectivity index (χ3v) is 3.68. The molecule has 0 radical (unpaired) electrons. The molecule has 5 heteroatoms. The summed E-state index contributed by atoms with van der Waals surface area (Å²) in [7, 11) is 0. The fraction of sp³-hybridized carbons (Fsp3) is 0.583. The number of nitrogens with zero attached hydrogens (tertiary/aromatic N) is 1. The number of fused-ring (bicyclic) bond motifs is 1. The van der Waals surface area contributed by atoms with E-state index in [0.717, 1.165) is 37.9 Å². The van der Waals surface area contributed by atoms with E-state index in [1.165, 1.54) is 0 Å². The Kier molecular flexibility index (Phi) is 2.15. The Morgan fingerprint density at radius 3 is 2.59 bits per heavy atom. The number of aryl methyl sites for hydroxylation is 1. The molecule has 1 aliphatic heterocycles. The van der Waals surface area contributed by atoms with Crippen molar-refractivity contribution in [2.75, 3.05) is 0 Å². The second-order valence-corrected chi connectivity index (χ2v) is 4.82. The van der Waals surface area contributed by atoms with E-state index in [4.69, 9.17) is 4.74 Å². The molecule has 2 aliphatic rings. The summed E-state index contributed by atoms with van der Waals surface area (Å²) < 4.78 is 43.3. The second kappa shape index (κ2) is 3.37. The predicted molar refractivity (Wildman–Crippen MR) is 54.8 cm³/mol. The molecule has 3 rings (SSSR count). The van der Waals surface area contributed by atoms with Gasteiger partial charge in [0.15, 0.2) is 0 Å². The highest BCUT2D eigenvalue weighted by molar-refractivity contribution is 5.34. The normalized spacial score (nSPS) is 21.6. The number of ether oxygens (including phenoxy) is 1. The van der Waals surface area contributed by atoms with Gasteiger partial charge < -0.3 is 4.74 Å². The van der Waals surface area contributed by atoms with Gasteiger partial charge in [0.1, 0.15) is 5.60 Å². The molecule has 2 heterocycles. The number of halogens is 3. The van der Waals surface area contributed by atoms with E-state index in [1.807, 2.05) is 0 Å². The van der Waals surface area contributed by atoms with Crippen molar-refractivity contribution in [2.45, 2.75) is 43.9 Å². The van der Waals surface area contributed by atoms with E-state index in [2.05, 4.69) is 4.98 Å². The van der Waals surface area contributed by atoms with Crippen molar-refractivity contribution >= 4 is 0 Å². The van der Waals surface area contributed by atoms with Gasteiger partial charge in [0.05, 0.1) is 5.56 Å². The van der Waals surface area contributed by atoms with Crippen LogP contribution in [0.1, 0.15) is 36.8 Å². The van der Waals surface area contributed by atoms with E-state index >= 15 is 0 Å². The van der Waals surface area contributed by atoms with Gasteiger partial charge in [-0.2, -0.15) is 13.2 Å². The highest BCUT2D eigenvalue weighted by Gasteiger charge is 2.43. The van der Waals surface area contributed by atoms with Crippen molar-refractivity contribution in [3.05, 3.63) is 23.4 Å². The lowest BCUT2D eigenvalue weighted by Crippen LogP contribution is -2.46. The second-order valence-electron chi connectivity index (χ2n) is 4.82. The zero-order valence-electron chi connectivity index (χ0n) is 9.18. The summed E-state index contributed by atoms with van der Waals surface area (Å²) in [4.78, 5) is 3.82. The summed E-state index contributed by atoms with van der Waals surface area (Å²) in [5.41, 5.74) is -0.235. The van der Waals surface area contributed by atoms with Gasteiger partial charge in [-0.1, -0.05) is 0 Å². The summed E-state index contributed by atoms with van der Waals surface area (Å²) in [6.07, 6.45) is 1.10. The number of pyridine rings is 1. The van der Waals surface area contributed by atoms with E-state index in [0.29, 0.717) is 17.9 Å². The third kappa shape index (κ3) is 1.77. The van der Waals surface area contributed by atoms with Gasteiger partial charge in [-0.05, 0) is 38.2 Å². The Hall–Kier alpha value is -1.26. The van der Waals surface area contributed by atoms with Gasteiger partial charge in [-0.25, -0.2) is 4.98 Å². The Bertz CT molecular complexity index is 452. The molecular weight excluding hydrogens is 231 g/mol. The minimum atomic E-state index is -4.33. The topological polar surface area (TPSA) is 22.1 Å². The van der Waals surface area contributed by atoms with Crippen molar-refractivity contribution in [2.24, 2.45) is 0 Å². The van der Waals surface area contributed by atoms with Gasteiger partial charge in [-0.15, -0.1) is 0 Å². The van der Waals surface area contributed by atoms with Crippen LogP contribution >= 0.6 is 0 Å². The first-order valence-corrected chi connectivity index (χ1v) is 5.74. The summed E-state index contributed by atoms with van der Waals surface area (Å²) in [5.74, 6) is 0.393. The molecule has 0 bridgehead atoms. The van der Waals surface area contributed by atoms with Crippen LogP contribution in [0.4, 0.5) is 13.2 Å². The third-order valence-electron chi connectivity index (χ3n) is 3.68. The maximum Gasteiger partial charge on any atom is 0.417 e. The van der Waals surface area contributed by atoms with Crippen LogP contribution in [-0.4, -0.2) is 10.6 Å². The Morgan fingerprint density at radius 2 is 2.00 bits per heavy atom. The van der Waals surface area contributed by atoms with Crippen molar-refractivity contribution in [1.82, 2.24) is 4.98 Å². The number of hydrogen-bond donors (Lipinski definition) is 0. The van der Waals surface area contributed by atoms with Crippen molar-refractivity contribution in [1.29, 1.82) is 0 Å². The molecule has 0 unspecified atom stereocenters. The number of aromatic nitrogens is 1. The molecule has 0 N–H and O–H groups in total. The van der Waals surface area contributed by atoms with E-state index in [-0.39, 0.29) is 5.60 Å². The molecule has 1 aromatic rings. The first kappa shape index (κ1) is 10.9. The zero-order chi connectivity index (χ0) is 12.1. The monoisotopic (exact) mass is 243 g/mol. The lowest BCUT2D eigenvalue weighted by Gasteiger charge is -2.44. The molecule has 0 atom stereocenters. The highest BCUT2D eigenvalue weighted by atomic mass is 19.4. The standard InChI is InChI=1S/C12H12F3NO/c13-12(14,15)9-6-8-2-5-11(3-1-4-11)17-10(8)16-7-9/h6-7H,1-5H2. The smallest absolute Gasteiger partial charge is 0.417 e. The lowest BCUT2D eigenvalue weighted by atomic mass is 9.75. The summed E-state index contributed by atoms with van der Waals surface area (Å²) in [5, 5.41) is 0. The molecule has 17 heavy (non-hydrogen) atoms. The first-order valence-electron chi connectivity index (χ1n) is 5.74. The lowest BCUT2D eigenvalue weighted by molar-refractivity contribution is -0.138. The predicted octanol–water partition coefficient (Wildman–Crippen LogP) is 3.35. The average Bonchev–Trinajstić information content (AvgIpc) is 2.24. The number of rotatable bonds is 0. The summed E-state index contributed by atoms with van der Waals surface area (Å²) in [6, 6.07) is 1.16. The van der Waals surface area contributed by atoms with Crippen LogP contribution in [0.5, 0.6) is 5.88 Å². The Balaban J connectivity index is 1.91. The summed E-state index contributed by atoms with van der Waals surface area (Å²) in [6.45, 7) is 0. The number of hydrogen-bond acceptors (Lipinski definition) is 2. The van der Waals surface area contributed by atoms with E-state index in [9.17, 15) is 13.2 Å². The Labute approximate surface area is 96.8 Å². The minimum absolute atomic E-state index is 0.125. The van der Waals surface area contributed by atoms with Crippen LogP contribution in [0, 0.1) is 0 Å². The maximum absolute atomic E-state index is 12.5. The molecule has 0 amide bonds. The largest absolute Gasteiger partial charge is 0.471 e. The molecule has 1 spiro atoms. The molecule has 1 saturated carbocycles. The van der Waals surface area contributed by atoms with Gasteiger partial charge >= 0.3 is 6.18 Å². The van der Waals surface area contributed by atoms with Crippen LogP contribution < -0.4 is 4.74 Å². The van der Waals surface area contributed by atoms with Crippen molar-refractivity contribution < 1.29 is 17.9 Å². The highest BCUT2D eigenvalue weighted by Crippen LogP contribution is 2.44. The molecule has 2 nitrogen and oxygen atoms in total. The van der Waals surface area contributed by atoms with Gasteiger partial charge in [0.2, 0.25) is 5.88 Å². The van der Waals surface area contributed by atoms with E-state index < -0.39 is 11.7 Å². The van der Waals surface area contributed by atoms with Crippen LogP contribution in [-0.2, 0) is 12.6 Å². The fourth-order valence-electron chi connectivity index (χ4n) is 2.47. The van der Waals surface area contributed by atoms with Gasteiger partial charge in [0.25, 0.3) is 0 Å². The van der Waals surface area contributed by atoms with Crippen LogP contribution in [0.2, 0.25) is 0 Å². The zero-order valence-corrected chi connectivity index (χ0v) is 9.18. The van der Waals surface area contributed by atoms with Crippen molar-refractivity contribution in [3.63, 3.8) is 0 Å². The van der Waals surface area contributed by atoms with Crippen LogP contribution in [0.15, 0.2) is 12.3 Å². The molecular formula is C12H12F3NO. The van der Waals surface area contributed by atoms with Crippen molar-refractivity contribution in [3.8, 4) is 5.88 Å². The molecule has 1 aromatic heterocycles. The minimum Gasteiger partial charge on any atom is -0.471 e. The molecule has 0 saturated heterocycles. The molecule has 1 aliphatic carbocycles. The maximum atomic E-state index is 12.5. The fourth-order valence-corrected chi connectivity index (χ4v) is 2.47. The molecule has 1 fully saturated rings. The average molecular weight is 243 g/mol. The van der Waals surface area contributed by atoms with E-state index in [1.54, 1.807) is 0 Å². The number of alkyl halides is 3. The van der Waals surface area contributed by atoms with Gasteiger partial charge in [0, 0.05) is 11.8 Å². The van der Waals surface area contributed by atoms with Gasteiger partial charge in [-0.3, -0.25) is 0 Å². The quantitative estimate of drug-likeness (QED) is 0.697. The Morgan fingerprint density at radius 1 is 1.24 bits per heavy atom. The molecule has 0 aromatic carbocycles. The summed E-state index contributed by atoms with van der Waals surface area (Å²) >= 11 is 0. The SMILES string of the molecule is FC(F)(F)c1cnc2c(c1)CCC1(CCC1)O2. The van der Waals surface area contributed by atoms with Crippen LogP contribution in [0.3, 0.4) is 0 Å².